The summed E-state index contributed by atoms with van der Waals surface area (Å²) in [4.78, 5) is 16.4. The first-order valence-electron chi connectivity index (χ1n) is 7.17. The van der Waals surface area contributed by atoms with Crippen LogP contribution in [0, 0.1) is 5.92 Å². The van der Waals surface area contributed by atoms with E-state index in [4.69, 9.17) is 9.15 Å². The fourth-order valence-corrected chi connectivity index (χ4v) is 2.71. The average molecular weight is 302 g/mol. The van der Waals surface area contributed by atoms with Gasteiger partial charge in [-0.3, -0.25) is 9.78 Å². The number of aliphatic hydroxyl groups is 1. The Morgan fingerprint density at radius 3 is 2.95 bits per heavy atom. The molecule has 116 valence electrons. The Kier molecular flexibility index (Phi) is 4.11. The molecule has 1 aliphatic rings. The summed E-state index contributed by atoms with van der Waals surface area (Å²) in [5, 5.41) is 12.6. The number of nitrogens with one attached hydrogen (secondary N) is 1. The smallest absolute Gasteiger partial charge is 0.255 e. The SMILES string of the molecule is COc1cncc(C(NC(=O)c2ccoc2)C2CC(O)C2)c1. The van der Waals surface area contributed by atoms with E-state index in [1.54, 1.807) is 25.6 Å². The fourth-order valence-electron chi connectivity index (χ4n) is 2.71. The number of methoxy groups -OCH3 is 1. The van der Waals surface area contributed by atoms with Gasteiger partial charge in [-0.25, -0.2) is 0 Å². The Morgan fingerprint density at radius 2 is 2.32 bits per heavy atom. The third-order valence-corrected chi connectivity index (χ3v) is 4.02. The number of pyridine rings is 1. The minimum atomic E-state index is -0.295. The van der Waals surface area contributed by atoms with E-state index in [0.717, 1.165) is 5.56 Å². The quantitative estimate of drug-likeness (QED) is 0.881. The van der Waals surface area contributed by atoms with Crippen LogP contribution < -0.4 is 10.1 Å². The van der Waals surface area contributed by atoms with E-state index in [2.05, 4.69) is 10.3 Å². The summed E-state index contributed by atoms with van der Waals surface area (Å²) in [6.45, 7) is 0. The molecule has 2 N–H and O–H groups in total. The van der Waals surface area contributed by atoms with Crippen LogP contribution in [0.4, 0.5) is 0 Å². The summed E-state index contributed by atoms with van der Waals surface area (Å²) in [7, 11) is 1.58. The number of furan rings is 1. The summed E-state index contributed by atoms with van der Waals surface area (Å²) in [6, 6.07) is 3.26. The zero-order chi connectivity index (χ0) is 15.5. The second-order valence-electron chi connectivity index (χ2n) is 5.51. The van der Waals surface area contributed by atoms with Gasteiger partial charge in [-0.15, -0.1) is 0 Å². The number of aromatic nitrogens is 1. The maximum Gasteiger partial charge on any atom is 0.255 e. The van der Waals surface area contributed by atoms with Gasteiger partial charge in [-0.05, 0) is 36.5 Å². The normalized spacial score (nSPS) is 21.7. The van der Waals surface area contributed by atoms with E-state index >= 15 is 0 Å². The molecule has 1 saturated carbocycles. The lowest BCUT2D eigenvalue weighted by molar-refractivity contribution is 0.0234. The van der Waals surface area contributed by atoms with Crippen molar-refractivity contribution in [2.24, 2.45) is 5.92 Å². The number of nitrogens with zero attached hydrogens (tertiary/aromatic N) is 1. The highest BCUT2D eigenvalue weighted by Gasteiger charge is 2.36. The van der Waals surface area contributed by atoms with Crippen molar-refractivity contribution in [3.05, 3.63) is 48.2 Å². The molecule has 22 heavy (non-hydrogen) atoms. The molecule has 1 unspecified atom stereocenters. The van der Waals surface area contributed by atoms with Crippen LogP contribution in [-0.2, 0) is 0 Å². The third-order valence-electron chi connectivity index (χ3n) is 4.02. The molecular formula is C16H18N2O4. The molecule has 1 atom stereocenters. The fraction of sp³-hybridized carbons (Fsp3) is 0.375. The highest BCUT2D eigenvalue weighted by atomic mass is 16.5. The minimum Gasteiger partial charge on any atom is -0.495 e. The topological polar surface area (TPSA) is 84.6 Å². The van der Waals surface area contributed by atoms with Crippen molar-refractivity contribution in [1.29, 1.82) is 0 Å². The molecule has 1 aliphatic carbocycles. The van der Waals surface area contributed by atoms with Gasteiger partial charge in [0.2, 0.25) is 0 Å². The molecule has 2 aromatic heterocycles. The van der Waals surface area contributed by atoms with Gasteiger partial charge in [0.15, 0.2) is 0 Å². The second kappa shape index (κ2) is 6.19. The van der Waals surface area contributed by atoms with Gasteiger partial charge >= 0.3 is 0 Å². The van der Waals surface area contributed by atoms with Crippen molar-refractivity contribution in [3.63, 3.8) is 0 Å². The van der Waals surface area contributed by atoms with Gasteiger partial charge in [0, 0.05) is 6.20 Å². The van der Waals surface area contributed by atoms with Gasteiger partial charge in [0.1, 0.15) is 12.0 Å². The van der Waals surface area contributed by atoms with E-state index < -0.39 is 0 Å². The minimum absolute atomic E-state index is 0.180. The van der Waals surface area contributed by atoms with E-state index in [-0.39, 0.29) is 24.0 Å². The van der Waals surface area contributed by atoms with Gasteiger partial charge in [0.05, 0.1) is 37.3 Å². The highest BCUT2D eigenvalue weighted by Crippen LogP contribution is 2.38. The number of carbonyl (C=O) groups is 1. The molecule has 0 bridgehead atoms. The summed E-state index contributed by atoms with van der Waals surface area (Å²) in [5.41, 5.74) is 1.34. The Hall–Kier alpha value is -2.34. The lowest BCUT2D eigenvalue weighted by Gasteiger charge is -2.38. The monoisotopic (exact) mass is 302 g/mol. The van der Waals surface area contributed by atoms with E-state index in [0.29, 0.717) is 24.2 Å². The molecule has 1 amide bonds. The van der Waals surface area contributed by atoms with E-state index in [1.165, 1.54) is 12.5 Å². The molecule has 1 fully saturated rings. The largest absolute Gasteiger partial charge is 0.495 e. The summed E-state index contributed by atoms with van der Waals surface area (Å²) >= 11 is 0. The van der Waals surface area contributed by atoms with Crippen LogP contribution in [0.1, 0.15) is 34.8 Å². The average Bonchev–Trinajstić information content (AvgIpc) is 3.04. The number of hydrogen-bond acceptors (Lipinski definition) is 5. The van der Waals surface area contributed by atoms with E-state index in [9.17, 15) is 9.90 Å². The van der Waals surface area contributed by atoms with Crippen molar-refractivity contribution < 1.29 is 19.1 Å². The molecule has 2 aromatic rings. The molecule has 6 heteroatoms. The molecule has 3 rings (SSSR count). The zero-order valence-electron chi connectivity index (χ0n) is 12.2. The van der Waals surface area contributed by atoms with Crippen LogP contribution in [0.25, 0.3) is 0 Å². The van der Waals surface area contributed by atoms with Crippen molar-refractivity contribution in [2.45, 2.75) is 25.0 Å². The van der Waals surface area contributed by atoms with Crippen LogP contribution >= 0.6 is 0 Å². The van der Waals surface area contributed by atoms with Crippen molar-refractivity contribution in [3.8, 4) is 5.75 Å². The van der Waals surface area contributed by atoms with Crippen molar-refractivity contribution in [1.82, 2.24) is 10.3 Å². The molecule has 0 aromatic carbocycles. The number of rotatable bonds is 5. The Bertz CT molecular complexity index is 635. The van der Waals surface area contributed by atoms with Crippen molar-refractivity contribution in [2.75, 3.05) is 7.11 Å². The first-order chi connectivity index (χ1) is 10.7. The molecular weight excluding hydrogens is 284 g/mol. The maximum absolute atomic E-state index is 12.3. The lowest BCUT2D eigenvalue weighted by atomic mass is 9.75. The standard InChI is InChI=1S/C16H18N2O4/c1-21-14-6-12(7-17-8-14)15(11-4-13(19)5-11)18-16(20)10-2-3-22-9-10/h2-3,6-9,11,13,15,19H,4-5H2,1H3,(H,18,20). The third kappa shape index (κ3) is 2.96. The van der Waals surface area contributed by atoms with Gasteiger partial charge in [-0.1, -0.05) is 0 Å². The molecule has 6 nitrogen and oxygen atoms in total. The van der Waals surface area contributed by atoms with Crippen LogP contribution in [0.2, 0.25) is 0 Å². The molecule has 0 saturated heterocycles. The highest BCUT2D eigenvalue weighted by molar-refractivity contribution is 5.94. The predicted molar refractivity (Wildman–Crippen MR) is 78.4 cm³/mol. The number of hydrogen-bond donors (Lipinski definition) is 2. The number of carbonyl (C=O) groups excluding carboxylic acids is 1. The Morgan fingerprint density at radius 1 is 1.50 bits per heavy atom. The van der Waals surface area contributed by atoms with Gasteiger partial charge < -0.3 is 19.6 Å². The van der Waals surface area contributed by atoms with Crippen LogP contribution in [0.15, 0.2) is 41.5 Å². The first kappa shape index (κ1) is 14.6. The molecule has 0 spiro atoms. The molecule has 2 heterocycles. The van der Waals surface area contributed by atoms with Crippen LogP contribution in [0.3, 0.4) is 0 Å². The van der Waals surface area contributed by atoms with Crippen molar-refractivity contribution >= 4 is 5.91 Å². The number of aliphatic hydroxyl groups excluding tert-OH is 1. The summed E-state index contributed by atoms with van der Waals surface area (Å²) in [5.74, 6) is 0.614. The summed E-state index contributed by atoms with van der Waals surface area (Å²) in [6.07, 6.45) is 7.23. The number of ether oxygens (including phenoxy) is 1. The van der Waals surface area contributed by atoms with E-state index in [1.807, 2.05) is 6.07 Å². The maximum atomic E-state index is 12.3. The zero-order valence-corrected chi connectivity index (χ0v) is 12.2. The predicted octanol–water partition coefficient (Wildman–Crippen LogP) is 1.93. The van der Waals surface area contributed by atoms with Gasteiger partial charge in [0.25, 0.3) is 5.91 Å². The summed E-state index contributed by atoms with van der Waals surface area (Å²) < 4.78 is 10.1. The van der Waals surface area contributed by atoms with Crippen LogP contribution in [-0.4, -0.2) is 29.2 Å². The number of amides is 1. The first-order valence-corrected chi connectivity index (χ1v) is 7.17. The Balaban J connectivity index is 1.82. The van der Waals surface area contributed by atoms with Gasteiger partial charge in [-0.2, -0.15) is 0 Å². The molecule has 0 radical (unpaired) electrons. The lowest BCUT2D eigenvalue weighted by Crippen LogP contribution is -2.41. The molecule has 0 aliphatic heterocycles. The second-order valence-corrected chi connectivity index (χ2v) is 5.51. The Labute approximate surface area is 128 Å². The van der Waals surface area contributed by atoms with Crippen LogP contribution in [0.5, 0.6) is 5.75 Å².